The zero-order valence-corrected chi connectivity index (χ0v) is 14.5. The molecule has 0 spiro atoms. The first-order chi connectivity index (χ1) is 9.68. The van der Waals surface area contributed by atoms with Gasteiger partial charge in [0.15, 0.2) is 0 Å². The summed E-state index contributed by atoms with van der Waals surface area (Å²) in [5, 5.41) is 3.06. The van der Waals surface area contributed by atoms with Crippen LogP contribution in [0.5, 0.6) is 0 Å². The van der Waals surface area contributed by atoms with Gasteiger partial charge in [-0.3, -0.25) is 0 Å². The van der Waals surface area contributed by atoms with Crippen LogP contribution in [0.2, 0.25) is 0 Å². The van der Waals surface area contributed by atoms with Gasteiger partial charge in [-0.25, -0.2) is 8.42 Å². The van der Waals surface area contributed by atoms with E-state index in [4.69, 9.17) is 0 Å². The number of hydrogen-bond acceptors (Lipinski definition) is 3. The van der Waals surface area contributed by atoms with Crippen LogP contribution in [0.4, 0.5) is 0 Å². The van der Waals surface area contributed by atoms with Crippen molar-refractivity contribution < 1.29 is 8.42 Å². The van der Waals surface area contributed by atoms with E-state index in [0.29, 0.717) is 18.0 Å². The minimum atomic E-state index is -3.54. The predicted octanol–water partition coefficient (Wildman–Crippen LogP) is 2.20. The summed E-state index contributed by atoms with van der Waals surface area (Å²) in [5.41, 5.74) is 0.468. The third-order valence-electron chi connectivity index (χ3n) is 3.29. The molecule has 0 aliphatic heterocycles. The second kappa shape index (κ2) is 6.77. The van der Waals surface area contributed by atoms with Crippen LogP contribution in [0.15, 0.2) is 29.8 Å². The molecule has 1 rings (SSSR count). The molecule has 0 aliphatic rings. The summed E-state index contributed by atoms with van der Waals surface area (Å²) in [6.45, 7) is 13.0. The van der Waals surface area contributed by atoms with Gasteiger partial charge in [0.05, 0.1) is 0 Å². The Morgan fingerprint density at radius 3 is 2.48 bits per heavy atom. The summed E-state index contributed by atoms with van der Waals surface area (Å²) < 4.78 is 29.2. The second-order valence-corrected chi connectivity index (χ2v) is 7.84. The van der Waals surface area contributed by atoms with E-state index in [0.717, 1.165) is 12.2 Å². The van der Waals surface area contributed by atoms with Gasteiger partial charge >= 0.3 is 0 Å². The lowest BCUT2D eigenvalue weighted by Crippen LogP contribution is -2.45. The highest BCUT2D eigenvalue weighted by Crippen LogP contribution is 2.25. The first kappa shape index (κ1) is 17.9. The van der Waals surface area contributed by atoms with Crippen molar-refractivity contribution in [2.75, 3.05) is 13.6 Å². The highest BCUT2D eigenvalue weighted by Gasteiger charge is 2.34. The Labute approximate surface area is 128 Å². The molecule has 0 saturated heterocycles. The van der Waals surface area contributed by atoms with Crippen LogP contribution in [-0.4, -0.2) is 36.4 Å². The zero-order chi connectivity index (χ0) is 16.3. The van der Waals surface area contributed by atoms with Gasteiger partial charge in [-0.2, -0.15) is 4.31 Å². The molecule has 1 aromatic heterocycles. The fraction of sp³-hybridized carbons (Fsp3) is 0.600. The quantitative estimate of drug-likeness (QED) is 0.785. The van der Waals surface area contributed by atoms with Crippen molar-refractivity contribution in [1.29, 1.82) is 0 Å². The summed E-state index contributed by atoms with van der Waals surface area (Å²) in [5.74, 6) is 0. The summed E-state index contributed by atoms with van der Waals surface area (Å²) in [6.07, 6.45) is 3.33. The third-order valence-corrected chi connectivity index (χ3v) is 5.39. The first-order valence-corrected chi connectivity index (χ1v) is 8.59. The molecule has 5 nitrogen and oxygen atoms in total. The van der Waals surface area contributed by atoms with Crippen molar-refractivity contribution in [3.63, 3.8) is 0 Å². The topological polar surface area (TPSA) is 54.3 Å². The van der Waals surface area contributed by atoms with Crippen LogP contribution in [0.3, 0.4) is 0 Å². The number of sulfonamides is 1. The van der Waals surface area contributed by atoms with Crippen molar-refractivity contribution in [3.05, 3.63) is 30.6 Å². The van der Waals surface area contributed by atoms with E-state index in [1.165, 1.54) is 4.31 Å². The average Bonchev–Trinajstić information content (AvgIpc) is 2.78. The van der Waals surface area contributed by atoms with Crippen LogP contribution in [-0.2, 0) is 23.1 Å². The van der Waals surface area contributed by atoms with Gasteiger partial charge < -0.3 is 9.88 Å². The van der Waals surface area contributed by atoms with E-state index in [1.807, 2.05) is 39.3 Å². The molecule has 0 fully saturated rings. The Morgan fingerprint density at radius 1 is 1.43 bits per heavy atom. The van der Waals surface area contributed by atoms with Gasteiger partial charge in [0.1, 0.15) is 4.90 Å². The Balaban J connectivity index is 3.31. The maximum Gasteiger partial charge on any atom is 0.245 e. The van der Waals surface area contributed by atoms with E-state index >= 15 is 0 Å². The van der Waals surface area contributed by atoms with Gasteiger partial charge in [0.2, 0.25) is 10.0 Å². The number of aromatic nitrogens is 1. The summed E-state index contributed by atoms with van der Waals surface area (Å²) in [7, 11) is -1.69. The zero-order valence-electron chi connectivity index (χ0n) is 13.7. The third kappa shape index (κ3) is 3.96. The van der Waals surface area contributed by atoms with E-state index in [9.17, 15) is 8.42 Å². The molecule has 0 bridgehead atoms. The van der Waals surface area contributed by atoms with E-state index in [2.05, 4.69) is 11.9 Å². The van der Waals surface area contributed by atoms with Gasteiger partial charge in [0.25, 0.3) is 0 Å². The minimum Gasteiger partial charge on any atom is -0.349 e. The molecule has 1 aromatic rings. The normalized spacial score (nSPS) is 12.9. The molecule has 0 radical (unpaired) electrons. The molecule has 0 aromatic carbocycles. The Kier molecular flexibility index (Phi) is 5.78. The monoisotopic (exact) mass is 313 g/mol. The maximum atomic E-state index is 12.9. The molecular formula is C15H27N3O2S. The fourth-order valence-electron chi connectivity index (χ4n) is 2.27. The van der Waals surface area contributed by atoms with Gasteiger partial charge in [-0.1, -0.05) is 6.08 Å². The molecule has 0 amide bonds. The van der Waals surface area contributed by atoms with E-state index < -0.39 is 15.6 Å². The van der Waals surface area contributed by atoms with Crippen LogP contribution in [0.25, 0.3) is 0 Å². The molecule has 6 heteroatoms. The molecule has 0 unspecified atom stereocenters. The van der Waals surface area contributed by atoms with Crippen molar-refractivity contribution >= 4 is 10.0 Å². The molecule has 21 heavy (non-hydrogen) atoms. The number of aryl methyl sites for hydroxylation is 1. The smallest absolute Gasteiger partial charge is 0.245 e. The lowest BCUT2D eigenvalue weighted by Gasteiger charge is -2.33. The predicted molar refractivity (Wildman–Crippen MR) is 86.7 cm³/mol. The average molecular weight is 313 g/mol. The molecule has 0 atom stereocenters. The minimum absolute atomic E-state index is 0.296. The SMILES string of the molecule is C=CCN(C(C)(C)C)S(=O)(=O)c1cc(CNC)n(CC)c1. The lowest BCUT2D eigenvalue weighted by atomic mass is 10.1. The highest BCUT2D eigenvalue weighted by atomic mass is 32.2. The Hall–Kier alpha value is -1.11. The van der Waals surface area contributed by atoms with Crippen LogP contribution in [0.1, 0.15) is 33.4 Å². The lowest BCUT2D eigenvalue weighted by molar-refractivity contribution is 0.270. The molecule has 1 N–H and O–H groups in total. The second-order valence-electron chi connectivity index (χ2n) is 5.98. The van der Waals surface area contributed by atoms with Crippen LogP contribution >= 0.6 is 0 Å². The van der Waals surface area contributed by atoms with Crippen molar-refractivity contribution in [3.8, 4) is 0 Å². The van der Waals surface area contributed by atoms with Crippen molar-refractivity contribution in [2.24, 2.45) is 0 Å². The Morgan fingerprint density at radius 2 is 2.05 bits per heavy atom. The van der Waals surface area contributed by atoms with E-state index in [1.54, 1.807) is 18.3 Å². The Bertz CT molecular complexity index is 583. The number of hydrogen-bond donors (Lipinski definition) is 1. The summed E-state index contributed by atoms with van der Waals surface area (Å²) in [4.78, 5) is 0.339. The highest BCUT2D eigenvalue weighted by molar-refractivity contribution is 7.89. The maximum absolute atomic E-state index is 12.9. The van der Waals surface area contributed by atoms with Crippen LogP contribution in [0, 0.1) is 0 Å². The van der Waals surface area contributed by atoms with Gasteiger partial charge in [0, 0.05) is 37.1 Å². The largest absolute Gasteiger partial charge is 0.349 e. The van der Waals surface area contributed by atoms with Gasteiger partial charge in [-0.15, -0.1) is 6.58 Å². The number of nitrogens with one attached hydrogen (secondary N) is 1. The standard InChI is InChI=1S/C15H27N3O2S/c1-7-9-18(15(3,4)5)21(19,20)14-10-13(11-16-6)17(8-2)12-14/h7,10,12,16H,1,8-9,11H2,2-6H3. The summed E-state index contributed by atoms with van der Waals surface area (Å²) in [6, 6.07) is 1.75. The van der Waals surface area contributed by atoms with Crippen molar-refractivity contribution in [2.45, 2.75) is 51.2 Å². The molecule has 1 heterocycles. The molecule has 0 saturated carbocycles. The fourth-order valence-corrected chi connectivity index (χ4v) is 4.09. The molecule has 120 valence electrons. The number of rotatable bonds is 7. The summed E-state index contributed by atoms with van der Waals surface area (Å²) >= 11 is 0. The first-order valence-electron chi connectivity index (χ1n) is 7.15. The van der Waals surface area contributed by atoms with Gasteiger partial charge in [-0.05, 0) is 40.8 Å². The van der Waals surface area contributed by atoms with E-state index in [-0.39, 0.29) is 0 Å². The van der Waals surface area contributed by atoms with Crippen molar-refractivity contribution in [1.82, 2.24) is 14.2 Å². The number of nitrogens with zero attached hydrogens (tertiary/aromatic N) is 2. The molecular weight excluding hydrogens is 286 g/mol. The molecule has 0 aliphatic carbocycles. The van der Waals surface area contributed by atoms with Crippen LogP contribution < -0.4 is 5.32 Å².